The molecule has 1 N–H and O–H groups in total. The molecule has 1 aromatic rings. The number of hydrogen-bond acceptors (Lipinski definition) is 5. The Hall–Kier alpha value is -1.66. The number of carbonyl (C=O) groups is 1. The van der Waals surface area contributed by atoms with Crippen molar-refractivity contribution in [2.45, 2.75) is 52.7 Å². The fraction of sp³-hybridized carbons (Fsp3) is 0.611. The number of benzene rings is 1. The predicted molar refractivity (Wildman–Crippen MR) is 96.2 cm³/mol. The molecule has 0 aliphatic carbocycles. The minimum Gasteiger partial charge on any atom is -0.465 e. The van der Waals surface area contributed by atoms with Gasteiger partial charge in [-0.2, -0.15) is 0 Å². The van der Waals surface area contributed by atoms with Gasteiger partial charge in [0.1, 0.15) is 12.1 Å². The van der Waals surface area contributed by atoms with E-state index in [2.05, 4.69) is 5.32 Å². The highest BCUT2D eigenvalue weighted by molar-refractivity contribution is 6.31. The van der Waals surface area contributed by atoms with Gasteiger partial charge >= 0.3 is 5.97 Å². The van der Waals surface area contributed by atoms with Crippen LogP contribution in [0.1, 0.15) is 44.9 Å². The highest BCUT2D eigenvalue weighted by Gasteiger charge is 2.58. The Morgan fingerprint density at radius 3 is 2.56 bits per heavy atom. The van der Waals surface area contributed by atoms with Gasteiger partial charge in [-0.1, -0.05) is 44.5 Å². The van der Waals surface area contributed by atoms with Gasteiger partial charge < -0.3 is 4.74 Å². The maximum Gasteiger partial charge on any atom is 0.323 e. The van der Waals surface area contributed by atoms with Gasteiger partial charge in [0.2, 0.25) is 6.04 Å². The summed E-state index contributed by atoms with van der Waals surface area (Å²) >= 11 is 6.21. The molecule has 1 fully saturated rings. The van der Waals surface area contributed by atoms with E-state index in [0.29, 0.717) is 5.02 Å². The van der Waals surface area contributed by atoms with Crippen LogP contribution < -0.4 is 5.32 Å². The molecule has 1 aliphatic heterocycles. The van der Waals surface area contributed by atoms with Gasteiger partial charge in [-0.25, -0.2) is 0 Å². The van der Waals surface area contributed by atoms with E-state index >= 15 is 0 Å². The van der Waals surface area contributed by atoms with Crippen LogP contribution in [0.5, 0.6) is 0 Å². The summed E-state index contributed by atoms with van der Waals surface area (Å²) in [6.45, 7) is 9.53. The molecule has 4 atom stereocenters. The fourth-order valence-corrected chi connectivity index (χ4v) is 3.93. The SMILES string of the molecule is CCOC(=O)[C@H]1N[C@@H](c2cccc(Cl)c2C)[C@@H]([N+](=O)[O-])[C@H]1C(C)(C)C. The van der Waals surface area contributed by atoms with Gasteiger partial charge in [-0.15, -0.1) is 0 Å². The highest BCUT2D eigenvalue weighted by atomic mass is 35.5. The summed E-state index contributed by atoms with van der Waals surface area (Å²) in [5.41, 5.74) is 1.07. The minimum atomic E-state index is -0.952. The molecular formula is C18H25ClN2O4. The number of nitrogens with one attached hydrogen (secondary N) is 1. The van der Waals surface area contributed by atoms with Crippen molar-refractivity contribution in [1.82, 2.24) is 5.32 Å². The summed E-state index contributed by atoms with van der Waals surface area (Å²) in [4.78, 5) is 24.1. The molecule has 0 unspecified atom stereocenters. The van der Waals surface area contributed by atoms with Crippen molar-refractivity contribution in [3.05, 3.63) is 44.5 Å². The summed E-state index contributed by atoms with van der Waals surface area (Å²) < 4.78 is 5.17. The highest BCUT2D eigenvalue weighted by Crippen LogP contribution is 2.44. The fourth-order valence-electron chi connectivity index (χ4n) is 3.75. The summed E-state index contributed by atoms with van der Waals surface area (Å²) in [6, 6.07) is 3.05. The zero-order valence-corrected chi connectivity index (χ0v) is 16.0. The van der Waals surface area contributed by atoms with E-state index in [-0.39, 0.29) is 11.5 Å². The lowest BCUT2D eigenvalue weighted by molar-refractivity contribution is -0.535. The van der Waals surface area contributed by atoms with Gasteiger partial charge in [-0.3, -0.25) is 20.2 Å². The molecule has 0 saturated carbocycles. The number of halogens is 1. The Kier molecular flexibility index (Phi) is 5.74. The molecule has 0 radical (unpaired) electrons. The largest absolute Gasteiger partial charge is 0.465 e. The molecule has 2 rings (SSSR count). The third-order valence-electron chi connectivity index (χ3n) is 4.86. The Labute approximate surface area is 153 Å². The third-order valence-corrected chi connectivity index (χ3v) is 5.27. The lowest BCUT2D eigenvalue weighted by Crippen LogP contribution is -2.45. The summed E-state index contributed by atoms with van der Waals surface area (Å²) in [5.74, 6) is -0.957. The molecule has 1 saturated heterocycles. The van der Waals surface area contributed by atoms with Crippen molar-refractivity contribution in [1.29, 1.82) is 0 Å². The van der Waals surface area contributed by atoms with Crippen LogP contribution in [0.25, 0.3) is 0 Å². The first kappa shape index (κ1) is 19.7. The number of nitro groups is 1. The number of nitrogens with zero attached hydrogens (tertiary/aromatic N) is 1. The maximum atomic E-state index is 12.5. The molecule has 0 spiro atoms. The summed E-state index contributed by atoms with van der Waals surface area (Å²) in [6.07, 6.45) is 0. The van der Waals surface area contributed by atoms with E-state index < -0.39 is 35.4 Å². The average Bonchev–Trinajstić information content (AvgIpc) is 2.91. The molecule has 25 heavy (non-hydrogen) atoms. The monoisotopic (exact) mass is 368 g/mol. The second-order valence-corrected chi connectivity index (χ2v) is 7.90. The van der Waals surface area contributed by atoms with E-state index in [0.717, 1.165) is 11.1 Å². The zero-order chi connectivity index (χ0) is 18.9. The lowest BCUT2D eigenvalue weighted by atomic mass is 9.72. The molecule has 0 bridgehead atoms. The van der Waals surface area contributed by atoms with Crippen molar-refractivity contribution in [2.24, 2.45) is 11.3 Å². The van der Waals surface area contributed by atoms with Crippen molar-refractivity contribution in [3.63, 3.8) is 0 Å². The van der Waals surface area contributed by atoms with E-state index in [1.165, 1.54) is 0 Å². The molecule has 138 valence electrons. The molecular weight excluding hydrogens is 344 g/mol. The van der Waals surface area contributed by atoms with Crippen molar-refractivity contribution < 1.29 is 14.5 Å². The topological polar surface area (TPSA) is 81.5 Å². The number of rotatable bonds is 4. The lowest BCUT2D eigenvalue weighted by Gasteiger charge is -2.31. The van der Waals surface area contributed by atoms with Crippen LogP contribution >= 0.6 is 11.6 Å². The normalized spacial score (nSPS) is 26.5. The quantitative estimate of drug-likeness (QED) is 0.499. The Morgan fingerprint density at radius 2 is 2.04 bits per heavy atom. The van der Waals surface area contributed by atoms with Crippen LogP contribution in [0, 0.1) is 28.4 Å². The Morgan fingerprint density at radius 1 is 1.40 bits per heavy atom. The molecule has 0 aromatic heterocycles. The molecule has 1 heterocycles. The minimum absolute atomic E-state index is 0.234. The first-order valence-electron chi connectivity index (χ1n) is 8.40. The second kappa shape index (κ2) is 7.30. The molecule has 7 heteroatoms. The van der Waals surface area contributed by atoms with E-state index in [1.54, 1.807) is 19.1 Å². The third kappa shape index (κ3) is 3.80. The number of carbonyl (C=O) groups excluding carboxylic acids is 1. The summed E-state index contributed by atoms with van der Waals surface area (Å²) in [5, 5.41) is 15.7. The van der Waals surface area contributed by atoms with Crippen LogP contribution in [-0.2, 0) is 9.53 Å². The van der Waals surface area contributed by atoms with Crippen LogP contribution in [0.2, 0.25) is 5.02 Å². The maximum absolute atomic E-state index is 12.5. The summed E-state index contributed by atoms with van der Waals surface area (Å²) in [7, 11) is 0. The predicted octanol–water partition coefficient (Wildman–Crippen LogP) is 3.53. The van der Waals surface area contributed by atoms with Crippen molar-refractivity contribution >= 4 is 17.6 Å². The smallest absolute Gasteiger partial charge is 0.323 e. The molecule has 6 nitrogen and oxygen atoms in total. The number of esters is 1. The van der Waals surface area contributed by atoms with Crippen LogP contribution in [0.3, 0.4) is 0 Å². The number of hydrogen-bond donors (Lipinski definition) is 1. The van der Waals surface area contributed by atoms with Crippen molar-refractivity contribution in [2.75, 3.05) is 6.61 Å². The molecule has 1 aromatic carbocycles. The van der Waals surface area contributed by atoms with Crippen LogP contribution in [0.4, 0.5) is 0 Å². The molecule has 0 amide bonds. The van der Waals surface area contributed by atoms with Crippen molar-refractivity contribution in [3.8, 4) is 0 Å². The van der Waals surface area contributed by atoms with Gasteiger partial charge in [0.15, 0.2) is 0 Å². The van der Waals surface area contributed by atoms with Crippen LogP contribution in [0.15, 0.2) is 18.2 Å². The van der Waals surface area contributed by atoms with E-state index in [9.17, 15) is 14.9 Å². The average molecular weight is 369 g/mol. The van der Waals surface area contributed by atoms with Crippen LogP contribution in [-0.4, -0.2) is 29.6 Å². The number of ether oxygens (including phenoxy) is 1. The van der Waals surface area contributed by atoms with Gasteiger partial charge in [0.25, 0.3) is 0 Å². The zero-order valence-electron chi connectivity index (χ0n) is 15.2. The first-order valence-corrected chi connectivity index (χ1v) is 8.78. The second-order valence-electron chi connectivity index (χ2n) is 7.50. The first-order chi connectivity index (χ1) is 11.6. The Balaban J connectivity index is 2.55. The van der Waals surface area contributed by atoms with Gasteiger partial charge in [0, 0.05) is 9.95 Å². The van der Waals surface area contributed by atoms with E-state index in [1.807, 2.05) is 33.8 Å². The van der Waals surface area contributed by atoms with Gasteiger partial charge in [-0.05, 0) is 36.5 Å². The Bertz CT molecular complexity index is 672. The van der Waals surface area contributed by atoms with E-state index in [4.69, 9.17) is 16.3 Å². The standard InChI is InChI=1S/C18H25ClN2O4/c1-6-25-17(22)15-13(18(3,4)5)16(21(23)24)14(20-15)11-8-7-9-12(19)10(11)2/h7-9,13-16,20H,6H2,1-5H3/t13-,14-,15-,16-/m0/s1. The molecule has 1 aliphatic rings. The van der Waals surface area contributed by atoms with Gasteiger partial charge in [0.05, 0.1) is 12.5 Å².